The van der Waals surface area contributed by atoms with Crippen molar-refractivity contribution in [2.24, 2.45) is 0 Å². The van der Waals surface area contributed by atoms with E-state index in [0.717, 1.165) is 37.8 Å². The van der Waals surface area contributed by atoms with Gasteiger partial charge in [0.1, 0.15) is 5.82 Å². The van der Waals surface area contributed by atoms with Gasteiger partial charge in [-0.1, -0.05) is 35.5 Å². The van der Waals surface area contributed by atoms with Gasteiger partial charge in [-0.2, -0.15) is 4.98 Å². The molecule has 3 aromatic rings. The highest BCUT2D eigenvalue weighted by Crippen LogP contribution is 2.22. The van der Waals surface area contributed by atoms with Crippen molar-refractivity contribution in [1.29, 1.82) is 0 Å². The van der Waals surface area contributed by atoms with Crippen LogP contribution in [0, 0.1) is 0 Å². The van der Waals surface area contributed by atoms with Crippen LogP contribution in [0.15, 0.2) is 53.4 Å². The lowest BCUT2D eigenvalue weighted by Crippen LogP contribution is -2.47. The summed E-state index contributed by atoms with van der Waals surface area (Å²) in [5.74, 6) is 2.35. The van der Waals surface area contributed by atoms with Crippen molar-refractivity contribution in [1.82, 2.24) is 25.0 Å². The van der Waals surface area contributed by atoms with E-state index in [-0.39, 0.29) is 6.04 Å². The number of aromatic nitrogens is 4. The molecule has 1 fully saturated rings. The van der Waals surface area contributed by atoms with Crippen LogP contribution in [0.3, 0.4) is 0 Å². The molecule has 0 N–H and O–H groups in total. The summed E-state index contributed by atoms with van der Waals surface area (Å²) < 4.78 is 5.52. The van der Waals surface area contributed by atoms with Gasteiger partial charge in [0.2, 0.25) is 5.89 Å². The van der Waals surface area contributed by atoms with Gasteiger partial charge in [0.25, 0.3) is 0 Å². The topological polar surface area (TPSA) is 71.2 Å². The highest BCUT2D eigenvalue weighted by atomic mass is 16.5. The van der Waals surface area contributed by atoms with E-state index in [9.17, 15) is 0 Å². The summed E-state index contributed by atoms with van der Waals surface area (Å²) >= 11 is 0. The Morgan fingerprint density at radius 2 is 1.88 bits per heavy atom. The van der Waals surface area contributed by atoms with Crippen LogP contribution in [0.5, 0.6) is 0 Å². The Morgan fingerprint density at radius 3 is 2.62 bits per heavy atom. The second-order valence-corrected chi connectivity index (χ2v) is 6.47. The molecule has 0 spiro atoms. The average molecular weight is 350 g/mol. The lowest BCUT2D eigenvalue weighted by Gasteiger charge is -2.37. The van der Waals surface area contributed by atoms with Crippen molar-refractivity contribution in [2.75, 3.05) is 31.1 Å². The lowest BCUT2D eigenvalue weighted by atomic mass is 10.1. The van der Waals surface area contributed by atoms with Crippen molar-refractivity contribution in [2.45, 2.75) is 19.4 Å². The first-order valence-corrected chi connectivity index (χ1v) is 8.91. The highest BCUT2D eigenvalue weighted by molar-refractivity contribution is 5.35. The molecular weight excluding hydrogens is 328 g/mol. The molecule has 0 saturated carbocycles. The van der Waals surface area contributed by atoms with Gasteiger partial charge >= 0.3 is 0 Å². The molecule has 0 aliphatic carbocycles. The number of hydrogen-bond donors (Lipinski definition) is 0. The fourth-order valence-corrected chi connectivity index (χ4v) is 3.24. The molecule has 134 valence electrons. The summed E-state index contributed by atoms with van der Waals surface area (Å²) in [6.07, 6.45) is 5.94. The largest absolute Gasteiger partial charge is 0.353 e. The molecular formula is C19H22N6O. The van der Waals surface area contributed by atoms with Crippen LogP contribution in [0.2, 0.25) is 0 Å². The standard InChI is InChI=1S/C19H22N6O/c1-15(19-22-17(23-26-19)13-16-5-3-2-4-6-16)24-9-11-25(12-10-24)18-14-20-7-8-21-18/h2-8,14-15H,9-13H2,1H3. The van der Waals surface area contributed by atoms with Crippen LogP contribution in [0.25, 0.3) is 0 Å². The summed E-state index contributed by atoms with van der Waals surface area (Å²) in [6, 6.07) is 10.3. The van der Waals surface area contributed by atoms with E-state index in [1.165, 1.54) is 5.56 Å². The minimum Gasteiger partial charge on any atom is -0.353 e. The van der Waals surface area contributed by atoms with Gasteiger partial charge in [0.15, 0.2) is 5.82 Å². The number of piperazine rings is 1. The average Bonchev–Trinajstić information content (AvgIpc) is 3.17. The first-order chi connectivity index (χ1) is 12.8. The molecule has 7 nitrogen and oxygen atoms in total. The Balaban J connectivity index is 1.36. The molecule has 0 bridgehead atoms. The third-order valence-electron chi connectivity index (χ3n) is 4.78. The molecule has 1 aliphatic rings. The maximum atomic E-state index is 5.52. The Labute approximate surface area is 152 Å². The zero-order chi connectivity index (χ0) is 17.8. The smallest absolute Gasteiger partial charge is 0.243 e. The zero-order valence-electron chi connectivity index (χ0n) is 14.8. The Morgan fingerprint density at radius 1 is 1.08 bits per heavy atom. The molecule has 26 heavy (non-hydrogen) atoms. The van der Waals surface area contributed by atoms with Crippen LogP contribution in [-0.4, -0.2) is 51.2 Å². The first-order valence-electron chi connectivity index (χ1n) is 8.91. The van der Waals surface area contributed by atoms with Gasteiger partial charge < -0.3 is 9.42 Å². The SMILES string of the molecule is CC(c1nc(Cc2ccccc2)no1)N1CCN(c2cnccn2)CC1. The zero-order valence-corrected chi connectivity index (χ0v) is 14.8. The van der Waals surface area contributed by atoms with Gasteiger partial charge in [-0.15, -0.1) is 0 Å². The summed E-state index contributed by atoms with van der Waals surface area (Å²) in [6.45, 7) is 5.79. The monoisotopic (exact) mass is 350 g/mol. The molecule has 2 aromatic heterocycles. The Hall–Kier alpha value is -2.80. The molecule has 0 amide bonds. The van der Waals surface area contributed by atoms with Crippen LogP contribution in [0.1, 0.15) is 30.2 Å². The molecule has 1 unspecified atom stereocenters. The Bertz CT molecular complexity index is 814. The van der Waals surface area contributed by atoms with Crippen molar-refractivity contribution < 1.29 is 4.52 Å². The van der Waals surface area contributed by atoms with Crippen LogP contribution in [-0.2, 0) is 6.42 Å². The van der Waals surface area contributed by atoms with Crippen molar-refractivity contribution in [3.05, 3.63) is 66.2 Å². The van der Waals surface area contributed by atoms with Crippen molar-refractivity contribution in [3.63, 3.8) is 0 Å². The predicted molar refractivity (Wildman–Crippen MR) is 97.8 cm³/mol. The van der Waals surface area contributed by atoms with E-state index in [4.69, 9.17) is 4.52 Å². The third-order valence-corrected chi connectivity index (χ3v) is 4.78. The normalized spacial score (nSPS) is 16.6. The quantitative estimate of drug-likeness (QED) is 0.699. The summed E-state index contributed by atoms with van der Waals surface area (Å²) in [7, 11) is 0. The maximum absolute atomic E-state index is 5.52. The molecule has 4 rings (SSSR count). The number of benzene rings is 1. The van der Waals surface area contributed by atoms with Crippen molar-refractivity contribution in [3.8, 4) is 0 Å². The second-order valence-electron chi connectivity index (χ2n) is 6.47. The van der Waals surface area contributed by atoms with Crippen LogP contribution < -0.4 is 4.90 Å². The van der Waals surface area contributed by atoms with Crippen molar-refractivity contribution >= 4 is 5.82 Å². The third kappa shape index (κ3) is 3.72. The Kier molecular flexibility index (Phi) is 4.88. The number of hydrogen-bond acceptors (Lipinski definition) is 7. The maximum Gasteiger partial charge on any atom is 0.243 e. The molecule has 3 heterocycles. The fourth-order valence-electron chi connectivity index (χ4n) is 3.24. The molecule has 0 radical (unpaired) electrons. The molecule has 1 aromatic carbocycles. The minimum atomic E-state index is 0.107. The fraction of sp³-hybridized carbons (Fsp3) is 0.368. The lowest BCUT2D eigenvalue weighted by molar-refractivity contribution is 0.164. The number of anilines is 1. The highest BCUT2D eigenvalue weighted by Gasteiger charge is 2.26. The molecule has 1 aliphatic heterocycles. The molecule has 7 heteroatoms. The van der Waals surface area contributed by atoms with E-state index >= 15 is 0 Å². The second kappa shape index (κ2) is 7.61. The van der Waals surface area contributed by atoms with Crippen LogP contribution >= 0.6 is 0 Å². The van der Waals surface area contributed by atoms with Gasteiger partial charge in [-0.3, -0.25) is 9.88 Å². The van der Waals surface area contributed by atoms with E-state index < -0.39 is 0 Å². The van der Waals surface area contributed by atoms with E-state index in [1.54, 1.807) is 12.4 Å². The minimum absolute atomic E-state index is 0.107. The van der Waals surface area contributed by atoms with Gasteiger partial charge in [-0.05, 0) is 12.5 Å². The van der Waals surface area contributed by atoms with E-state index in [0.29, 0.717) is 12.3 Å². The van der Waals surface area contributed by atoms with Crippen LogP contribution in [0.4, 0.5) is 5.82 Å². The van der Waals surface area contributed by atoms with Gasteiger partial charge in [0, 0.05) is 45.0 Å². The predicted octanol–water partition coefficient (Wildman–Crippen LogP) is 2.33. The van der Waals surface area contributed by atoms with E-state index in [1.807, 2.05) is 24.4 Å². The van der Waals surface area contributed by atoms with Gasteiger partial charge in [0.05, 0.1) is 12.2 Å². The first kappa shape index (κ1) is 16.7. The van der Waals surface area contributed by atoms with Gasteiger partial charge in [-0.25, -0.2) is 4.98 Å². The van der Waals surface area contributed by atoms with E-state index in [2.05, 4.69) is 49.0 Å². The molecule has 1 atom stereocenters. The number of nitrogens with zero attached hydrogens (tertiary/aromatic N) is 6. The summed E-state index contributed by atoms with van der Waals surface area (Å²) in [5, 5.41) is 4.15. The summed E-state index contributed by atoms with van der Waals surface area (Å²) in [5.41, 5.74) is 1.19. The summed E-state index contributed by atoms with van der Waals surface area (Å²) in [4.78, 5) is 17.8. The number of rotatable bonds is 5. The molecule has 1 saturated heterocycles.